The molecule has 5 nitrogen and oxygen atoms in total. The summed E-state index contributed by atoms with van der Waals surface area (Å²) in [6.45, 7) is 1.83. The van der Waals surface area contributed by atoms with E-state index in [1.165, 1.54) is 0 Å². The Morgan fingerprint density at radius 3 is 2.88 bits per heavy atom. The normalized spacial score (nSPS) is 11.4. The first-order valence-corrected chi connectivity index (χ1v) is 6.04. The Hall–Kier alpha value is -1.11. The molecule has 0 bridgehead atoms. The molecule has 0 aliphatic carbocycles. The van der Waals surface area contributed by atoms with Gasteiger partial charge in [0.15, 0.2) is 0 Å². The zero-order chi connectivity index (χ0) is 12.5. The molecule has 0 unspecified atom stereocenters. The number of nitrogens with zero attached hydrogens (tertiary/aromatic N) is 1. The first-order valence-electron chi connectivity index (χ1n) is 5.25. The fourth-order valence-electron chi connectivity index (χ4n) is 1.21. The van der Waals surface area contributed by atoms with Gasteiger partial charge in [0.1, 0.15) is 0 Å². The zero-order valence-electron chi connectivity index (χ0n) is 9.74. The van der Waals surface area contributed by atoms with Crippen LogP contribution in [0.15, 0.2) is 33.7 Å². The van der Waals surface area contributed by atoms with Gasteiger partial charge >= 0.3 is 0 Å². The number of methoxy groups -OCH3 is 1. The van der Waals surface area contributed by atoms with Gasteiger partial charge < -0.3 is 10.1 Å². The van der Waals surface area contributed by atoms with E-state index >= 15 is 0 Å². The third-order valence-corrected chi connectivity index (χ3v) is 2.87. The van der Waals surface area contributed by atoms with Crippen LogP contribution in [0.1, 0.15) is 5.56 Å². The maximum atomic E-state index is 5.36. The molecule has 17 heavy (non-hydrogen) atoms. The monoisotopic (exact) mass is 300 g/mol. The third kappa shape index (κ3) is 5.16. The molecule has 94 valence electrons. The van der Waals surface area contributed by atoms with Crippen molar-refractivity contribution in [2.24, 2.45) is 10.8 Å². The van der Waals surface area contributed by atoms with Crippen molar-refractivity contribution in [3.8, 4) is 0 Å². The quantitative estimate of drug-likeness (QED) is 0.249. The fourth-order valence-corrected chi connectivity index (χ4v) is 1.63. The lowest BCUT2D eigenvalue weighted by Crippen LogP contribution is -2.42. The maximum Gasteiger partial charge on any atom is 0.206 e. The largest absolute Gasteiger partial charge is 0.383 e. The molecule has 1 aromatic rings. The van der Waals surface area contributed by atoms with Crippen LogP contribution in [-0.4, -0.2) is 26.2 Å². The average Bonchev–Trinajstić information content (AvgIpc) is 2.35. The first kappa shape index (κ1) is 14.0. The highest BCUT2D eigenvalue weighted by Gasteiger charge is 1.98. The summed E-state index contributed by atoms with van der Waals surface area (Å²) in [4.78, 5) is 4.33. The van der Waals surface area contributed by atoms with E-state index in [1.54, 1.807) is 7.11 Å². The topological polar surface area (TPSA) is 71.7 Å². The van der Waals surface area contributed by atoms with Crippen LogP contribution in [0.3, 0.4) is 0 Å². The summed E-state index contributed by atoms with van der Waals surface area (Å²) in [5, 5.41) is 3.03. The van der Waals surface area contributed by atoms with Gasteiger partial charge in [0.2, 0.25) is 5.96 Å². The fraction of sp³-hybridized carbons (Fsp3) is 0.364. The molecule has 0 aromatic heterocycles. The number of ether oxygens (including phenoxy) is 1. The van der Waals surface area contributed by atoms with E-state index in [1.807, 2.05) is 24.3 Å². The second kappa shape index (κ2) is 8.05. The molecule has 0 heterocycles. The summed E-state index contributed by atoms with van der Waals surface area (Å²) in [6, 6.07) is 7.94. The summed E-state index contributed by atoms with van der Waals surface area (Å²) < 4.78 is 5.96. The van der Waals surface area contributed by atoms with Crippen LogP contribution >= 0.6 is 15.9 Å². The molecule has 0 fully saturated rings. The Morgan fingerprint density at radius 2 is 2.24 bits per heavy atom. The highest BCUT2D eigenvalue weighted by molar-refractivity contribution is 9.10. The molecule has 4 N–H and O–H groups in total. The number of aliphatic imine (C=N–C) groups is 1. The number of nitrogens with one attached hydrogen (secondary N) is 2. The van der Waals surface area contributed by atoms with Gasteiger partial charge in [-0.1, -0.05) is 34.1 Å². The third-order valence-electron chi connectivity index (χ3n) is 2.10. The van der Waals surface area contributed by atoms with Gasteiger partial charge in [-0.3, -0.25) is 5.43 Å². The van der Waals surface area contributed by atoms with Crippen molar-refractivity contribution in [1.82, 2.24) is 10.7 Å². The molecule has 0 saturated carbocycles. The molecule has 0 amide bonds. The molecular formula is C11H17BrN4O. The number of guanidine groups is 1. The second-order valence-corrected chi connectivity index (χ2v) is 4.17. The van der Waals surface area contributed by atoms with Gasteiger partial charge in [-0.15, -0.1) is 0 Å². The second-order valence-electron chi connectivity index (χ2n) is 3.32. The van der Waals surface area contributed by atoms with Crippen LogP contribution in [0.2, 0.25) is 0 Å². The first-order chi connectivity index (χ1) is 8.27. The smallest absolute Gasteiger partial charge is 0.206 e. The average molecular weight is 301 g/mol. The van der Waals surface area contributed by atoms with Crippen LogP contribution in [-0.2, 0) is 11.3 Å². The van der Waals surface area contributed by atoms with E-state index in [4.69, 9.17) is 10.6 Å². The van der Waals surface area contributed by atoms with Crippen LogP contribution < -0.4 is 16.6 Å². The molecule has 6 heteroatoms. The van der Waals surface area contributed by atoms with Gasteiger partial charge in [-0.25, -0.2) is 10.8 Å². The van der Waals surface area contributed by atoms with E-state index in [9.17, 15) is 0 Å². The summed E-state index contributed by atoms with van der Waals surface area (Å²) in [7, 11) is 1.65. The minimum Gasteiger partial charge on any atom is -0.383 e. The van der Waals surface area contributed by atoms with Crippen LogP contribution in [0, 0.1) is 0 Å². The van der Waals surface area contributed by atoms with Gasteiger partial charge in [0.05, 0.1) is 13.2 Å². The molecule has 0 atom stereocenters. The van der Waals surface area contributed by atoms with Crippen molar-refractivity contribution in [2.45, 2.75) is 6.54 Å². The minimum atomic E-state index is 0.554. The number of hydrazine groups is 1. The van der Waals surface area contributed by atoms with E-state index in [-0.39, 0.29) is 0 Å². The molecule has 0 saturated heterocycles. The minimum absolute atomic E-state index is 0.554. The van der Waals surface area contributed by atoms with E-state index in [2.05, 4.69) is 31.7 Å². The van der Waals surface area contributed by atoms with Crippen LogP contribution in [0.5, 0.6) is 0 Å². The molecule has 0 spiro atoms. The highest BCUT2D eigenvalue weighted by Crippen LogP contribution is 2.16. The summed E-state index contributed by atoms with van der Waals surface area (Å²) in [6.07, 6.45) is 0. The van der Waals surface area contributed by atoms with Crippen molar-refractivity contribution in [3.63, 3.8) is 0 Å². The molecule has 0 radical (unpaired) electrons. The number of benzene rings is 1. The van der Waals surface area contributed by atoms with Crippen LogP contribution in [0.25, 0.3) is 0 Å². The molecule has 1 rings (SSSR count). The number of nitrogens with two attached hydrogens (primary N) is 1. The lowest BCUT2D eigenvalue weighted by atomic mass is 10.2. The summed E-state index contributed by atoms with van der Waals surface area (Å²) in [5.41, 5.74) is 3.62. The number of rotatable bonds is 5. The van der Waals surface area contributed by atoms with Crippen molar-refractivity contribution >= 4 is 21.9 Å². The van der Waals surface area contributed by atoms with Gasteiger partial charge in [0, 0.05) is 18.1 Å². The van der Waals surface area contributed by atoms with Crippen molar-refractivity contribution in [3.05, 3.63) is 34.3 Å². The molecular weight excluding hydrogens is 284 g/mol. The summed E-state index contributed by atoms with van der Waals surface area (Å²) in [5.74, 6) is 5.91. The maximum absolute atomic E-state index is 5.36. The number of hydrogen-bond donors (Lipinski definition) is 3. The zero-order valence-corrected chi connectivity index (χ0v) is 11.3. The SMILES string of the molecule is COCCNC(=NCc1ccccc1Br)NN. The van der Waals surface area contributed by atoms with Gasteiger partial charge in [-0.05, 0) is 11.6 Å². The van der Waals surface area contributed by atoms with Crippen molar-refractivity contribution in [1.29, 1.82) is 0 Å². The Bertz CT molecular complexity index is 370. The number of hydrogen-bond acceptors (Lipinski definition) is 3. The van der Waals surface area contributed by atoms with Gasteiger partial charge in [0.25, 0.3) is 0 Å². The Labute approximate surface area is 110 Å². The summed E-state index contributed by atoms with van der Waals surface area (Å²) >= 11 is 3.47. The predicted molar refractivity (Wildman–Crippen MR) is 72.5 cm³/mol. The van der Waals surface area contributed by atoms with Crippen LogP contribution in [0.4, 0.5) is 0 Å². The van der Waals surface area contributed by atoms with E-state index in [0.29, 0.717) is 25.7 Å². The molecule has 1 aromatic carbocycles. The molecule has 0 aliphatic heterocycles. The lowest BCUT2D eigenvalue weighted by Gasteiger charge is -2.08. The standard InChI is InChI=1S/C11H17BrN4O/c1-17-7-6-14-11(16-13)15-8-9-4-2-3-5-10(9)12/h2-5H,6-8,13H2,1H3,(H2,14,15,16). The Morgan fingerprint density at radius 1 is 1.47 bits per heavy atom. The Balaban J connectivity index is 2.52. The van der Waals surface area contributed by atoms with E-state index in [0.717, 1.165) is 10.0 Å². The molecule has 0 aliphatic rings. The van der Waals surface area contributed by atoms with Crippen molar-refractivity contribution in [2.75, 3.05) is 20.3 Å². The van der Waals surface area contributed by atoms with Gasteiger partial charge in [-0.2, -0.15) is 0 Å². The number of halogens is 1. The predicted octanol–water partition coefficient (Wildman–Crippen LogP) is 1.00. The lowest BCUT2D eigenvalue weighted by molar-refractivity contribution is 0.203. The van der Waals surface area contributed by atoms with E-state index < -0.39 is 0 Å². The van der Waals surface area contributed by atoms with Crippen molar-refractivity contribution < 1.29 is 4.74 Å². The highest BCUT2D eigenvalue weighted by atomic mass is 79.9. The Kier molecular flexibility index (Phi) is 6.61.